The minimum Gasteiger partial charge on any atom is -0.272 e. The lowest BCUT2D eigenvalue weighted by molar-refractivity contribution is -0.140. The van der Waals surface area contributed by atoms with Gasteiger partial charge in [-0.05, 0) is 36.0 Å². The Morgan fingerprint density at radius 3 is 2.43 bits per heavy atom. The fourth-order valence-electron chi connectivity index (χ4n) is 3.71. The number of fused-ring (bicyclic) bond motifs is 5. The largest absolute Gasteiger partial charge is 0.272 e. The summed E-state index contributed by atoms with van der Waals surface area (Å²) >= 11 is 5.90. The summed E-state index contributed by atoms with van der Waals surface area (Å²) in [6, 6.07) is 7.13. The summed E-state index contributed by atoms with van der Waals surface area (Å²) in [7, 11) is 0. The van der Waals surface area contributed by atoms with Crippen LogP contribution in [0, 0.1) is 23.7 Å². The highest BCUT2D eigenvalue weighted by atomic mass is 35.5. The van der Waals surface area contributed by atoms with Gasteiger partial charge in [-0.3, -0.25) is 9.59 Å². The molecule has 0 spiro atoms. The topological polar surface area (TPSA) is 49.7 Å². The molecule has 0 N–H and O–H groups in total. The summed E-state index contributed by atoms with van der Waals surface area (Å²) < 4.78 is 0. The van der Waals surface area contributed by atoms with Gasteiger partial charge in [0.2, 0.25) is 0 Å². The summed E-state index contributed by atoms with van der Waals surface area (Å²) in [4.78, 5) is 24.8. The van der Waals surface area contributed by atoms with Crippen molar-refractivity contribution in [2.75, 3.05) is 0 Å². The zero-order valence-corrected chi connectivity index (χ0v) is 11.9. The minimum absolute atomic E-state index is 0.167. The van der Waals surface area contributed by atoms with Crippen LogP contribution >= 0.6 is 11.6 Å². The van der Waals surface area contributed by atoms with Gasteiger partial charge in [0.25, 0.3) is 11.8 Å². The van der Waals surface area contributed by atoms with Gasteiger partial charge in [0.05, 0.1) is 18.1 Å². The van der Waals surface area contributed by atoms with E-state index < -0.39 is 0 Å². The molecule has 2 amide bonds. The third-order valence-corrected chi connectivity index (χ3v) is 4.85. The number of benzene rings is 1. The van der Waals surface area contributed by atoms with E-state index in [4.69, 9.17) is 11.6 Å². The SMILES string of the molecule is O=C1[C@@H]2[C@H](C(=O)N1/N=C\c1cccc(Cl)c1)[C@H]1C=C[C@H]2C1. The lowest BCUT2D eigenvalue weighted by Gasteiger charge is -2.13. The second kappa shape index (κ2) is 4.53. The van der Waals surface area contributed by atoms with E-state index in [1.54, 1.807) is 18.2 Å². The van der Waals surface area contributed by atoms with E-state index in [1.807, 2.05) is 6.07 Å². The van der Waals surface area contributed by atoms with Crippen LogP contribution in [0.15, 0.2) is 41.5 Å². The first-order valence-electron chi connectivity index (χ1n) is 7.01. The van der Waals surface area contributed by atoms with E-state index >= 15 is 0 Å². The number of halogens is 1. The number of allylic oxidation sites excluding steroid dienone is 2. The second-order valence-electron chi connectivity index (χ2n) is 5.79. The highest BCUT2D eigenvalue weighted by Crippen LogP contribution is 2.52. The van der Waals surface area contributed by atoms with Gasteiger partial charge in [0.15, 0.2) is 0 Å². The molecule has 1 saturated heterocycles. The van der Waals surface area contributed by atoms with Crippen molar-refractivity contribution in [3.05, 3.63) is 47.0 Å². The predicted molar refractivity (Wildman–Crippen MR) is 78.6 cm³/mol. The van der Waals surface area contributed by atoms with E-state index in [0.717, 1.165) is 17.0 Å². The van der Waals surface area contributed by atoms with E-state index in [1.165, 1.54) is 6.21 Å². The molecule has 4 rings (SSSR count). The van der Waals surface area contributed by atoms with Crippen LogP contribution in [-0.4, -0.2) is 23.0 Å². The molecule has 4 atom stereocenters. The molecule has 106 valence electrons. The van der Waals surface area contributed by atoms with E-state index in [-0.39, 0.29) is 35.5 Å². The Balaban J connectivity index is 1.60. The van der Waals surface area contributed by atoms with E-state index in [2.05, 4.69) is 17.3 Å². The molecule has 2 fully saturated rings. The zero-order chi connectivity index (χ0) is 14.6. The maximum Gasteiger partial charge on any atom is 0.254 e. The van der Waals surface area contributed by atoms with Crippen molar-refractivity contribution in [3.63, 3.8) is 0 Å². The van der Waals surface area contributed by atoms with Crippen molar-refractivity contribution in [1.82, 2.24) is 5.01 Å². The molecule has 2 bridgehead atoms. The molecule has 5 heteroatoms. The summed E-state index contributed by atoms with van der Waals surface area (Å²) in [6.45, 7) is 0. The van der Waals surface area contributed by atoms with Crippen LogP contribution in [0.5, 0.6) is 0 Å². The predicted octanol–water partition coefficient (Wildman–Crippen LogP) is 2.48. The number of hydrogen-bond acceptors (Lipinski definition) is 3. The van der Waals surface area contributed by atoms with Gasteiger partial charge in [-0.2, -0.15) is 10.1 Å². The first-order chi connectivity index (χ1) is 10.1. The monoisotopic (exact) mass is 300 g/mol. The number of hydrazone groups is 1. The number of carbonyl (C=O) groups is 2. The average Bonchev–Trinajstić information content (AvgIpc) is 3.12. The molecular weight excluding hydrogens is 288 g/mol. The average molecular weight is 301 g/mol. The van der Waals surface area contributed by atoms with Crippen molar-refractivity contribution in [1.29, 1.82) is 0 Å². The Morgan fingerprint density at radius 2 is 1.81 bits per heavy atom. The third-order valence-electron chi connectivity index (χ3n) is 4.62. The van der Waals surface area contributed by atoms with Crippen LogP contribution in [0.4, 0.5) is 0 Å². The Bertz CT molecular complexity index is 667. The molecule has 1 heterocycles. The fraction of sp³-hybridized carbons (Fsp3) is 0.312. The molecule has 1 aromatic carbocycles. The normalized spacial score (nSPS) is 33.5. The van der Waals surface area contributed by atoms with Crippen LogP contribution in [0.25, 0.3) is 0 Å². The second-order valence-corrected chi connectivity index (χ2v) is 6.22. The molecule has 3 aliphatic rings. The van der Waals surface area contributed by atoms with E-state index in [9.17, 15) is 9.59 Å². The van der Waals surface area contributed by atoms with Gasteiger partial charge in [-0.25, -0.2) is 0 Å². The molecule has 21 heavy (non-hydrogen) atoms. The van der Waals surface area contributed by atoms with Gasteiger partial charge >= 0.3 is 0 Å². The number of hydrogen-bond donors (Lipinski definition) is 0. The zero-order valence-electron chi connectivity index (χ0n) is 11.1. The molecule has 0 unspecified atom stereocenters. The van der Waals surface area contributed by atoms with Crippen LogP contribution in [0.1, 0.15) is 12.0 Å². The van der Waals surface area contributed by atoms with Gasteiger partial charge in [-0.15, -0.1) is 0 Å². The van der Waals surface area contributed by atoms with E-state index in [0.29, 0.717) is 5.02 Å². The maximum absolute atomic E-state index is 12.4. The lowest BCUT2D eigenvalue weighted by Crippen LogP contribution is -2.28. The Morgan fingerprint density at radius 1 is 1.14 bits per heavy atom. The van der Waals surface area contributed by atoms with Crippen LogP contribution in [-0.2, 0) is 9.59 Å². The molecule has 1 saturated carbocycles. The molecule has 0 aromatic heterocycles. The van der Waals surface area contributed by atoms with Crippen molar-refractivity contribution < 1.29 is 9.59 Å². The third kappa shape index (κ3) is 1.86. The van der Waals surface area contributed by atoms with Crippen molar-refractivity contribution in [3.8, 4) is 0 Å². The number of imide groups is 1. The minimum atomic E-state index is -0.205. The summed E-state index contributed by atoms with van der Waals surface area (Å²) in [5, 5.41) is 5.74. The molecule has 4 nitrogen and oxygen atoms in total. The molecule has 0 radical (unpaired) electrons. The summed E-state index contributed by atoms with van der Waals surface area (Å²) in [5.41, 5.74) is 0.765. The van der Waals surface area contributed by atoms with Crippen molar-refractivity contribution >= 4 is 29.6 Å². The Kier molecular flexibility index (Phi) is 2.76. The van der Waals surface area contributed by atoms with Gasteiger partial charge < -0.3 is 0 Å². The standard InChI is InChI=1S/C16H13ClN2O2/c17-12-3-1-2-9(6-12)8-18-19-15(20)13-10-4-5-11(7-10)14(13)16(19)21/h1-6,8,10-11,13-14H,7H2/b18-8-/t10-,11-,13-,14+/m0/s1. The first-order valence-corrected chi connectivity index (χ1v) is 7.38. The van der Waals surface area contributed by atoms with Crippen LogP contribution < -0.4 is 0 Å². The molecule has 2 aliphatic carbocycles. The van der Waals surface area contributed by atoms with Crippen molar-refractivity contribution in [2.24, 2.45) is 28.8 Å². The van der Waals surface area contributed by atoms with Crippen LogP contribution in [0.2, 0.25) is 5.02 Å². The number of rotatable bonds is 2. The molecular formula is C16H13ClN2O2. The number of carbonyl (C=O) groups excluding carboxylic acids is 2. The Hall–Kier alpha value is -1.94. The fourth-order valence-corrected chi connectivity index (χ4v) is 3.91. The summed E-state index contributed by atoms with van der Waals surface area (Å²) in [5.74, 6) is -0.320. The van der Waals surface area contributed by atoms with Gasteiger partial charge in [0.1, 0.15) is 0 Å². The first kappa shape index (κ1) is 12.8. The van der Waals surface area contributed by atoms with Gasteiger partial charge in [-0.1, -0.05) is 35.9 Å². The van der Waals surface area contributed by atoms with Crippen LogP contribution in [0.3, 0.4) is 0 Å². The Labute approximate surface area is 127 Å². The lowest BCUT2D eigenvalue weighted by atomic mass is 9.85. The van der Waals surface area contributed by atoms with Gasteiger partial charge in [0, 0.05) is 5.02 Å². The molecule has 1 aromatic rings. The number of amides is 2. The number of nitrogens with zero attached hydrogens (tertiary/aromatic N) is 2. The maximum atomic E-state index is 12.4. The van der Waals surface area contributed by atoms with Crippen molar-refractivity contribution in [2.45, 2.75) is 6.42 Å². The highest BCUT2D eigenvalue weighted by molar-refractivity contribution is 6.30. The molecule has 1 aliphatic heterocycles. The summed E-state index contributed by atoms with van der Waals surface area (Å²) in [6.07, 6.45) is 6.58. The quantitative estimate of drug-likeness (QED) is 0.479. The smallest absolute Gasteiger partial charge is 0.254 e. The highest BCUT2D eigenvalue weighted by Gasteiger charge is 2.59.